The molecule has 0 radical (unpaired) electrons. The highest BCUT2D eigenvalue weighted by Gasteiger charge is 2.22. The topological polar surface area (TPSA) is 79.9 Å². The lowest BCUT2D eigenvalue weighted by molar-refractivity contribution is 0.0130. The fourth-order valence-corrected chi connectivity index (χ4v) is 3.23. The SMILES string of the molecule is COC(=O)c1ccc(C)c(NC(=O)NCC(CC(C)C)N2CCOCC2)c1. The number of rotatable bonds is 7. The first-order valence-electron chi connectivity index (χ1n) is 9.46. The Morgan fingerprint density at radius 3 is 2.59 bits per heavy atom. The number of amides is 2. The number of anilines is 1. The van der Waals surface area contributed by atoms with Gasteiger partial charge in [0.2, 0.25) is 0 Å². The molecular formula is C20H31N3O4. The monoisotopic (exact) mass is 377 g/mol. The Hall–Kier alpha value is -2.12. The van der Waals surface area contributed by atoms with Gasteiger partial charge in [-0.2, -0.15) is 0 Å². The molecule has 1 fully saturated rings. The largest absolute Gasteiger partial charge is 0.465 e. The van der Waals surface area contributed by atoms with Crippen LogP contribution in [0.5, 0.6) is 0 Å². The van der Waals surface area contributed by atoms with Crippen molar-refractivity contribution in [2.24, 2.45) is 5.92 Å². The molecule has 0 saturated carbocycles. The summed E-state index contributed by atoms with van der Waals surface area (Å²) < 4.78 is 10.2. The Balaban J connectivity index is 1.96. The Morgan fingerprint density at radius 2 is 1.96 bits per heavy atom. The number of esters is 1. The van der Waals surface area contributed by atoms with Crippen molar-refractivity contribution in [2.45, 2.75) is 33.2 Å². The van der Waals surface area contributed by atoms with Gasteiger partial charge in [-0.05, 0) is 37.0 Å². The quantitative estimate of drug-likeness (QED) is 0.714. The maximum atomic E-state index is 12.4. The van der Waals surface area contributed by atoms with Crippen molar-refractivity contribution in [3.8, 4) is 0 Å². The minimum atomic E-state index is -0.428. The molecule has 1 heterocycles. The highest BCUT2D eigenvalue weighted by atomic mass is 16.5. The summed E-state index contributed by atoms with van der Waals surface area (Å²) in [7, 11) is 1.34. The summed E-state index contributed by atoms with van der Waals surface area (Å²) >= 11 is 0. The van der Waals surface area contributed by atoms with Crippen LogP contribution in [0.3, 0.4) is 0 Å². The summed E-state index contributed by atoms with van der Waals surface area (Å²) in [5, 5.41) is 5.82. The zero-order valence-corrected chi connectivity index (χ0v) is 16.7. The van der Waals surface area contributed by atoms with Crippen LogP contribution in [-0.4, -0.2) is 62.9 Å². The third-order valence-electron chi connectivity index (χ3n) is 4.71. The molecule has 0 spiro atoms. The molecule has 0 bridgehead atoms. The number of aryl methyl sites for hydroxylation is 1. The zero-order valence-electron chi connectivity index (χ0n) is 16.7. The van der Waals surface area contributed by atoms with Gasteiger partial charge in [0, 0.05) is 31.4 Å². The number of nitrogens with one attached hydrogen (secondary N) is 2. The van der Waals surface area contributed by atoms with Crippen LogP contribution in [0.4, 0.5) is 10.5 Å². The van der Waals surface area contributed by atoms with E-state index in [1.807, 2.05) is 6.92 Å². The first kappa shape index (κ1) is 21.2. The molecule has 1 aliphatic rings. The minimum Gasteiger partial charge on any atom is -0.465 e. The number of ether oxygens (including phenoxy) is 2. The second-order valence-electron chi connectivity index (χ2n) is 7.29. The molecular weight excluding hydrogens is 346 g/mol. The van der Waals surface area contributed by atoms with Crippen LogP contribution in [0, 0.1) is 12.8 Å². The molecule has 150 valence electrons. The first-order chi connectivity index (χ1) is 12.9. The maximum Gasteiger partial charge on any atom is 0.337 e. The predicted octanol–water partition coefficient (Wildman–Crippen LogP) is 2.65. The molecule has 7 heteroatoms. The molecule has 1 aliphatic heterocycles. The fraction of sp³-hybridized carbons (Fsp3) is 0.600. The lowest BCUT2D eigenvalue weighted by atomic mass is 10.0. The van der Waals surface area contributed by atoms with E-state index in [9.17, 15) is 9.59 Å². The summed E-state index contributed by atoms with van der Waals surface area (Å²) in [6.45, 7) is 10.1. The number of urea groups is 1. The van der Waals surface area contributed by atoms with Gasteiger partial charge in [0.05, 0.1) is 25.9 Å². The maximum absolute atomic E-state index is 12.4. The summed E-state index contributed by atoms with van der Waals surface area (Å²) in [6.07, 6.45) is 1.01. The van der Waals surface area contributed by atoms with Crippen LogP contribution >= 0.6 is 0 Å². The third kappa shape index (κ3) is 6.52. The smallest absolute Gasteiger partial charge is 0.337 e. The van der Waals surface area contributed by atoms with Gasteiger partial charge < -0.3 is 20.1 Å². The highest BCUT2D eigenvalue weighted by Crippen LogP contribution is 2.18. The number of hydrogen-bond acceptors (Lipinski definition) is 5. The molecule has 2 amide bonds. The van der Waals surface area contributed by atoms with Gasteiger partial charge in [0.15, 0.2) is 0 Å². The van der Waals surface area contributed by atoms with Gasteiger partial charge in [-0.3, -0.25) is 4.90 Å². The Labute approximate surface area is 161 Å². The van der Waals surface area contributed by atoms with Crippen LogP contribution in [0.2, 0.25) is 0 Å². The van der Waals surface area contributed by atoms with E-state index in [2.05, 4.69) is 29.4 Å². The van der Waals surface area contributed by atoms with Crippen LogP contribution in [0.25, 0.3) is 0 Å². The Bertz CT molecular complexity index is 642. The lowest BCUT2D eigenvalue weighted by Gasteiger charge is -2.35. The summed E-state index contributed by atoms with van der Waals surface area (Å²) in [4.78, 5) is 26.5. The lowest BCUT2D eigenvalue weighted by Crippen LogP contribution is -2.49. The van der Waals surface area contributed by atoms with E-state index < -0.39 is 5.97 Å². The van der Waals surface area contributed by atoms with Crippen molar-refractivity contribution in [3.63, 3.8) is 0 Å². The van der Waals surface area contributed by atoms with Gasteiger partial charge in [-0.15, -0.1) is 0 Å². The van der Waals surface area contributed by atoms with Crippen molar-refractivity contribution in [1.82, 2.24) is 10.2 Å². The van der Waals surface area contributed by atoms with Gasteiger partial charge in [-0.25, -0.2) is 9.59 Å². The van der Waals surface area contributed by atoms with Crippen molar-refractivity contribution < 1.29 is 19.1 Å². The van der Waals surface area contributed by atoms with Crippen molar-refractivity contribution in [3.05, 3.63) is 29.3 Å². The van der Waals surface area contributed by atoms with E-state index in [0.29, 0.717) is 23.7 Å². The third-order valence-corrected chi connectivity index (χ3v) is 4.71. The summed E-state index contributed by atoms with van der Waals surface area (Å²) in [5.74, 6) is 0.115. The van der Waals surface area contributed by atoms with Gasteiger partial charge in [0.25, 0.3) is 0 Å². The molecule has 1 atom stereocenters. The fourth-order valence-electron chi connectivity index (χ4n) is 3.23. The molecule has 1 saturated heterocycles. The van der Waals surface area contributed by atoms with Crippen molar-refractivity contribution >= 4 is 17.7 Å². The summed E-state index contributed by atoms with van der Waals surface area (Å²) in [5.41, 5.74) is 1.89. The van der Waals surface area contributed by atoms with E-state index >= 15 is 0 Å². The molecule has 0 aliphatic carbocycles. The number of hydrogen-bond donors (Lipinski definition) is 2. The number of methoxy groups -OCH3 is 1. The van der Waals surface area contributed by atoms with E-state index in [0.717, 1.165) is 38.3 Å². The standard InChI is InChI=1S/C20H31N3O4/c1-14(2)11-17(23-7-9-27-10-8-23)13-21-20(25)22-18-12-16(19(24)26-4)6-5-15(18)3/h5-6,12,14,17H,7-11,13H2,1-4H3,(H2,21,22,25). The Morgan fingerprint density at radius 1 is 1.26 bits per heavy atom. The molecule has 1 unspecified atom stereocenters. The molecule has 1 aromatic carbocycles. The van der Waals surface area contributed by atoms with E-state index in [-0.39, 0.29) is 12.1 Å². The van der Waals surface area contributed by atoms with E-state index in [1.165, 1.54) is 7.11 Å². The zero-order chi connectivity index (χ0) is 19.8. The average Bonchev–Trinajstić information content (AvgIpc) is 2.66. The molecule has 1 aromatic rings. The van der Waals surface area contributed by atoms with Gasteiger partial charge >= 0.3 is 12.0 Å². The van der Waals surface area contributed by atoms with Gasteiger partial charge in [0.1, 0.15) is 0 Å². The highest BCUT2D eigenvalue weighted by molar-refractivity contribution is 5.94. The Kier molecular flexibility index (Phi) is 8.06. The van der Waals surface area contributed by atoms with Crippen molar-refractivity contribution in [1.29, 1.82) is 0 Å². The van der Waals surface area contributed by atoms with E-state index in [1.54, 1.807) is 18.2 Å². The second-order valence-corrected chi connectivity index (χ2v) is 7.29. The number of carbonyl (C=O) groups is 2. The number of morpholine rings is 1. The number of carbonyl (C=O) groups excluding carboxylic acids is 2. The minimum absolute atomic E-state index is 0.276. The molecule has 0 aromatic heterocycles. The first-order valence-corrected chi connectivity index (χ1v) is 9.46. The van der Waals surface area contributed by atoms with Crippen LogP contribution in [0.15, 0.2) is 18.2 Å². The molecule has 27 heavy (non-hydrogen) atoms. The van der Waals surface area contributed by atoms with Gasteiger partial charge in [-0.1, -0.05) is 19.9 Å². The molecule has 2 N–H and O–H groups in total. The van der Waals surface area contributed by atoms with Crippen LogP contribution in [-0.2, 0) is 9.47 Å². The predicted molar refractivity (Wildman–Crippen MR) is 105 cm³/mol. The summed E-state index contributed by atoms with van der Waals surface area (Å²) in [6, 6.07) is 5.11. The second kappa shape index (κ2) is 10.3. The normalized spacial score (nSPS) is 16.0. The molecule has 2 rings (SSSR count). The van der Waals surface area contributed by atoms with Crippen LogP contribution < -0.4 is 10.6 Å². The molecule has 7 nitrogen and oxygen atoms in total. The van der Waals surface area contributed by atoms with Crippen molar-refractivity contribution in [2.75, 3.05) is 45.3 Å². The van der Waals surface area contributed by atoms with Crippen LogP contribution in [0.1, 0.15) is 36.2 Å². The number of benzene rings is 1. The average molecular weight is 377 g/mol. The number of nitrogens with zero attached hydrogens (tertiary/aromatic N) is 1. The van der Waals surface area contributed by atoms with E-state index in [4.69, 9.17) is 9.47 Å².